The maximum Gasteiger partial charge on any atom is 0.0599 e. The molecule has 0 saturated carbocycles. The van der Waals surface area contributed by atoms with Crippen molar-refractivity contribution in [1.29, 1.82) is 0 Å². The van der Waals surface area contributed by atoms with Crippen molar-refractivity contribution in [3.05, 3.63) is 24.3 Å². The van der Waals surface area contributed by atoms with Crippen LogP contribution >= 0.6 is 0 Å². The van der Waals surface area contributed by atoms with Gasteiger partial charge in [0.25, 0.3) is 0 Å². The predicted octanol–water partition coefficient (Wildman–Crippen LogP) is 1.02. The molecule has 3 heteroatoms. The van der Waals surface area contributed by atoms with Gasteiger partial charge in [-0.25, -0.2) is 0 Å². The largest absolute Gasteiger partial charge is 0.314 e. The van der Waals surface area contributed by atoms with Gasteiger partial charge in [0.2, 0.25) is 0 Å². The fraction of sp³-hybridized carbons (Fsp3) is 0.556. The van der Waals surface area contributed by atoms with Crippen LogP contribution in [-0.2, 0) is 6.42 Å². The lowest BCUT2D eigenvalue weighted by Gasteiger charge is -2.06. The Balaban J connectivity index is 2.25. The molecular weight excluding hydrogens is 150 g/mol. The van der Waals surface area contributed by atoms with E-state index in [0.717, 1.165) is 18.7 Å². The Morgan fingerprint density at radius 2 is 2.25 bits per heavy atom. The summed E-state index contributed by atoms with van der Waals surface area (Å²) in [5, 5.41) is 3.33. The van der Waals surface area contributed by atoms with Crippen molar-refractivity contribution in [3.8, 4) is 0 Å². The van der Waals surface area contributed by atoms with E-state index in [9.17, 15) is 0 Å². The van der Waals surface area contributed by atoms with Gasteiger partial charge in [-0.3, -0.25) is 9.97 Å². The summed E-state index contributed by atoms with van der Waals surface area (Å²) in [6.07, 6.45) is 6.18. The molecule has 0 radical (unpaired) electrons. The monoisotopic (exact) mass is 165 g/mol. The van der Waals surface area contributed by atoms with E-state index < -0.39 is 0 Å². The molecule has 0 aromatic carbocycles. The van der Waals surface area contributed by atoms with Crippen LogP contribution in [0.2, 0.25) is 0 Å². The van der Waals surface area contributed by atoms with E-state index in [0.29, 0.717) is 6.04 Å². The van der Waals surface area contributed by atoms with Crippen molar-refractivity contribution in [1.82, 2.24) is 15.3 Å². The molecule has 0 aliphatic heterocycles. The molecule has 0 fully saturated rings. The zero-order valence-corrected chi connectivity index (χ0v) is 7.62. The van der Waals surface area contributed by atoms with Gasteiger partial charge in [0.05, 0.1) is 5.69 Å². The van der Waals surface area contributed by atoms with E-state index in [1.165, 1.54) is 0 Å². The lowest BCUT2D eigenvalue weighted by Crippen LogP contribution is -2.25. The van der Waals surface area contributed by atoms with Gasteiger partial charge in [-0.1, -0.05) is 13.8 Å². The maximum atomic E-state index is 4.17. The fourth-order valence-electron chi connectivity index (χ4n) is 0.948. The van der Waals surface area contributed by atoms with Gasteiger partial charge in [0.1, 0.15) is 0 Å². The molecule has 0 saturated heterocycles. The molecule has 0 bridgehead atoms. The summed E-state index contributed by atoms with van der Waals surface area (Å²) in [6.45, 7) is 5.24. The van der Waals surface area contributed by atoms with Crippen LogP contribution in [0.3, 0.4) is 0 Å². The first-order valence-corrected chi connectivity index (χ1v) is 4.27. The van der Waals surface area contributed by atoms with Crippen molar-refractivity contribution >= 4 is 0 Å². The Kier molecular flexibility index (Phi) is 3.67. The van der Waals surface area contributed by atoms with E-state index in [-0.39, 0.29) is 0 Å². The van der Waals surface area contributed by atoms with Gasteiger partial charge in [0.15, 0.2) is 0 Å². The van der Waals surface area contributed by atoms with Crippen LogP contribution in [0.25, 0.3) is 0 Å². The third kappa shape index (κ3) is 3.44. The van der Waals surface area contributed by atoms with Crippen molar-refractivity contribution < 1.29 is 0 Å². The average Bonchev–Trinajstić information content (AvgIpc) is 2.05. The minimum atomic E-state index is 0.543. The highest BCUT2D eigenvalue weighted by atomic mass is 14.9. The first-order valence-electron chi connectivity index (χ1n) is 4.27. The quantitative estimate of drug-likeness (QED) is 0.723. The summed E-state index contributed by atoms with van der Waals surface area (Å²) < 4.78 is 0. The molecule has 0 unspecified atom stereocenters. The minimum absolute atomic E-state index is 0.543. The first-order chi connectivity index (χ1) is 5.79. The number of hydrogen-bond donors (Lipinski definition) is 1. The molecule has 0 atom stereocenters. The summed E-state index contributed by atoms with van der Waals surface area (Å²) in [4.78, 5) is 8.17. The number of rotatable bonds is 4. The zero-order chi connectivity index (χ0) is 8.81. The van der Waals surface area contributed by atoms with Crippen LogP contribution in [0.5, 0.6) is 0 Å². The summed E-state index contributed by atoms with van der Waals surface area (Å²) >= 11 is 0. The standard InChI is InChI=1S/C9H15N3/c1-8(2)11-4-3-9-7-10-5-6-12-9/h5-8,11H,3-4H2,1-2H3. The summed E-state index contributed by atoms with van der Waals surface area (Å²) in [5.74, 6) is 0. The molecule has 0 spiro atoms. The van der Waals surface area contributed by atoms with Crippen LogP contribution in [0.1, 0.15) is 19.5 Å². The molecule has 1 aromatic rings. The number of aromatic nitrogens is 2. The summed E-state index contributed by atoms with van der Waals surface area (Å²) in [6, 6.07) is 0.543. The third-order valence-corrected chi connectivity index (χ3v) is 1.55. The number of hydrogen-bond acceptors (Lipinski definition) is 3. The predicted molar refractivity (Wildman–Crippen MR) is 48.9 cm³/mol. The highest BCUT2D eigenvalue weighted by Crippen LogP contribution is 1.90. The Hall–Kier alpha value is -0.960. The van der Waals surface area contributed by atoms with Crippen molar-refractivity contribution in [2.24, 2.45) is 0 Å². The Morgan fingerprint density at radius 3 is 2.83 bits per heavy atom. The van der Waals surface area contributed by atoms with Crippen LogP contribution in [0.15, 0.2) is 18.6 Å². The first kappa shape index (κ1) is 9.13. The molecule has 12 heavy (non-hydrogen) atoms. The van der Waals surface area contributed by atoms with Gasteiger partial charge in [0, 0.05) is 37.6 Å². The lowest BCUT2D eigenvalue weighted by atomic mass is 10.3. The molecule has 1 N–H and O–H groups in total. The smallest absolute Gasteiger partial charge is 0.0599 e. The Morgan fingerprint density at radius 1 is 1.42 bits per heavy atom. The summed E-state index contributed by atoms with van der Waals surface area (Å²) in [5.41, 5.74) is 1.05. The second-order valence-electron chi connectivity index (χ2n) is 3.06. The topological polar surface area (TPSA) is 37.8 Å². The molecule has 1 rings (SSSR count). The zero-order valence-electron chi connectivity index (χ0n) is 7.62. The van der Waals surface area contributed by atoms with Gasteiger partial charge in [-0.05, 0) is 0 Å². The molecule has 0 aliphatic rings. The van der Waals surface area contributed by atoms with Gasteiger partial charge >= 0.3 is 0 Å². The van der Waals surface area contributed by atoms with Crippen molar-refractivity contribution in [2.45, 2.75) is 26.3 Å². The second-order valence-corrected chi connectivity index (χ2v) is 3.06. The minimum Gasteiger partial charge on any atom is -0.314 e. The molecule has 3 nitrogen and oxygen atoms in total. The van der Waals surface area contributed by atoms with Crippen molar-refractivity contribution in [2.75, 3.05) is 6.54 Å². The molecule has 1 aromatic heterocycles. The molecule has 1 heterocycles. The van der Waals surface area contributed by atoms with Crippen LogP contribution in [0.4, 0.5) is 0 Å². The highest BCUT2D eigenvalue weighted by molar-refractivity contribution is 4.94. The lowest BCUT2D eigenvalue weighted by molar-refractivity contribution is 0.586. The van der Waals surface area contributed by atoms with E-state index in [2.05, 4.69) is 29.1 Å². The van der Waals surface area contributed by atoms with Gasteiger partial charge < -0.3 is 5.32 Å². The number of nitrogens with one attached hydrogen (secondary N) is 1. The van der Waals surface area contributed by atoms with Crippen LogP contribution < -0.4 is 5.32 Å². The second kappa shape index (κ2) is 4.83. The third-order valence-electron chi connectivity index (χ3n) is 1.55. The van der Waals surface area contributed by atoms with E-state index in [1.807, 2.05) is 6.20 Å². The normalized spacial score (nSPS) is 10.6. The van der Waals surface area contributed by atoms with Crippen LogP contribution in [0, 0.1) is 0 Å². The molecule has 0 amide bonds. The van der Waals surface area contributed by atoms with Gasteiger partial charge in [-0.2, -0.15) is 0 Å². The highest BCUT2D eigenvalue weighted by Gasteiger charge is 1.94. The Labute approximate surface area is 73.2 Å². The number of nitrogens with zero attached hydrogens (tertiary/aromatic N) is 2. The SMILES string of the molecule is CC(C)NCCc1cnccn1. The maximum absolute atomic E-state index is 4.17. The fourth-order valence-corrected chi connectivity index (χ4v) is 0.948. The van der Waals surface area contributed by atoms with Crippen molar-refractivity contribution in [3.63, 3.8) is 0 Å². The van der Waals surface area contributed by atoms with E-state index in [1.54, 1.807) is 12.4 Å². The molecular formula is C9H15N3. The van der Waals surface area contributed by atoms with E-state index in [4.69, 9.17) is 0 Å². The Bertz CT molecular complexity index is 208. The van der Waals surface area contributed by atoms with Crippen LogP contribution in [-0.4, -0.2) is 22.6 Å². The van der Waals surface area contributed by atoms with Gasteiger partial charge in [-0.15, -0.1) is 0 Å². The average molecular weight is 165 g/mol. The summed E-state index contributed by atoms with van der Waals surface area (Å²) in [7, 11) is 0. The van der Waals surface area contributed by atoms with E-state index >= 15 is 0 Å². The molecule has 0 aliphatic carbocycles. The molecule has 66 valence electrons.